The molecule has 0 nitrogen and oxygen atoms in total. The Morgan fingerprint density at radius 1 is 1.00 bits per heavy atom. The van der Waals surface area contributed by atoms with Crippen LogP contribution in [-0.4, -0.2) is 0 Å². The molecule has 0 N–H and O–H groups in total. The second kappa shape index (κ2) is 5.86. The molecular formula is C18H22. The smallest absolute Gasteiger partial charge is 0.0136 e. The lowest BCUT2D eigenvalue weighted by Gasteiger charge is -2.06. The van der Waals surface area contributed by atoms with Gasteiger partial charge in [0.2, 0.25) is 0 Å². The van der Waals surface area contributed by atoms with Crippen molar-refractivity contribution in [3.8, 4) is 0 Å². The highest BCUT2D eigenvalue weighted by Crippen LogP contribution is 2.27. The van der Waals surface area contributed by atoms with Gasteiger partial charge in [-0.05, 0) is 42.5 Å². The first kappa shape index (κ1) is 12.9. The van der Waals surface area contributed by atoms with Crippen LogP contribution in [0, 0.1) is 6.92 Å². The third-order valence-electron chi connectivity index (χ3n) is 3.34. The number of hydrogen-bond acceptors (Lipinski definition) is 0. The molecule has 0 heteroatoms. The zero-order valence-electron chi connectivity index (χ0n) is 11.7. The predicted molar refractivity (Wildman–Crippen MR) is 81.1 cm³/mol. The van der Waals surface area contributed by atoms with E-state index >= 15 is 0 Å². The summed E-state index contributed by atoms with van der Waals surface area (Å²) >= 11 is 0. The molecule has 1 aliphatic rings. The highest BCUT2D eigenvalue weighted by atomic mass is 14.1. The Morgan fingerprint density at radius 3 is 2.50 bits per heavy atom. The van der Waals surface area contributed by atoms with Crippen LogP contribution < -0.4 is 0 Å². The predicted octanol–water partition coefficient (Wildman–Crippen LogP) is 5.44. The van der Waals surface area contributed by atoms with Crippen molar-refractivity contribution < 1.29 is 0 Å². The summed E-state index contributed by atoms with van der Waals surface area (Å²) < 4.78 is 0. The van der Waals surface area contributed by atoms with E-state index in [0.29, 0.717) is 0 Å². The van der Waals surface area contributed by atoms with Crippen molar-refractivity contribution in [1.82, 2.24) is 0 Å². The van der Waals surface area contributed by atoms with Crippen molar-refractivity contribution in [2.45, 2.75) is 40.0 Å². The number of fused-ring (bicyclic) bond motifs is 1. The zero-order chi connectivity index (χ0) is 13.0. The second-order valence-corrected chi connectivity index (χ2v) is 4.71. The molecule has 94 valence electrons. The van der Waals surface area contributed by atoms with E-state index in [1.807, 2.05) is 13.8 Å². The molecule has 0 aliphatic heterocycles. The van der Waals surface area contributed by atoms with Crippen LogP contribution in [0.2, 0.25) is 0 Å². The number of aryl methyl sites for hydroxylation is 2. The molecule has 0 unspecified atom stereocenters. The van der Waals surface area contributed by atoms with E-state index in [9.17, 15) is 0 Å². The van der Waals surface area contributed by atoms with E-state index in [4.69, 9.17) is 0 Å². The molecule has 0 aromatic heterocycles. The van der Waals surface area contributed by atoms with Crippen molar-refractivity contribution in [3.05, 3.63) is 59.2 Å². The van der Waals surface area contributed by atoms with Gasteiger partial charge < -0.3 is 0 Å². The molecule has 1 aliphatic carbocycles. The lowest BCUT2D eigenvalue weighted by Crippen LogP contribution is -1.87. The highest BCUT2D eigenvalue weighted by molar-refractivity contribution is 5.86. The number of allylic oxidation sites excluding steroid dienone is 2. The Labute approximate surface area is 110 Å². The first-order valence-corrected chi connectivity index (χ1v) is 6.99. The number of benzene rings is 2. The van der Waals surface area contributed by atoms with E-state index < -0.39 is 0 Å². The maximum absolute atomic E-state index is 2.33. The molecule has 0 saturated carbocycles. The summed E-state index contributed by atoms with van der Waals surface area (Å²) in [6, 6.07) is 13.4. The van der Waals surface area contributed by atoms with Crippen molar-refractivity contribution in [2.24, 2.45) is 0 Å². The van der Waals surface area contributed by atoms with Crippen LogP contribution in [0.1, 0.15) is 37.8 Å². The quantitative estimate of drug-likeness (QED) is 0.625. The van der Waals surface area contributed by atoms with Gasteiger partial charge in [0, 0.05) is 0 Å². The van der Waals surface area contributed by atoms with E-state index in [0.717, 1.165) is 0 Å². The largest absolute Gasteiger partial charge is 0.0809 e. The molecule has 0 bridgehead atoms. The third kappa shape index (κ3) is 3.01. The number of rotatable bonds is 3. The summed E-state index contributed by atoms with van der Waals surface area (Å²) in [5.41, 5.74) is 4.48. The monoisotopic (exact) mass is 238 g/mol. The minimum Gasteiger partial charge on any atom is -0.0809 e. The van der Waals surface area contributed by atoms with Gasteiger partial charge in [0.25, 0.3) is 0 Å². The fraction of sp³-hybridized carbons (Fsp3) is 0.333. The molecular weight excluding hydrogens is 216 g/mol. The summed E-state index contributed by atoms with van der Waals surface area (Å²) in [5, 5.41) is 2.80. The van der Waals surface area contributed by atoms with Crippen LogP contribution in [0.5, 0.6) is 0 Å². The lowest BCUT2D eigenvalue weighted by atomic mass is 9.99. The topological polar surface area (TPSA) is 0 Å². The van der Waals surface area contributed by atoms with Crippen LogP contribution in [0.25, 0.3) is 10.8 Å². The molecule has 0 spiro atoms. The Morgan fingerprint density at radius 2 is 1.78 bits per heavy atom. The molecule has 3 rings (SSSR count). The Balaban J connectivity index is 0.000000574. The summed E-state index contributed by atoms with van der Waals surface area (Å²) in [4.78, 5) is 0. The van der Waals surface area contributed by atoms with E-state index in [1.54, 1.807) is 5.57 Å². The van der Waals surface area contributed by atoms with Gasteiger partial charge in [-0.15, -0.1) is 0 Å². The molecule has 2 aromatic rings. The first-order chi connectivity index (χ1) is 8.83. The van der Waals surface area contributed by atoms with Gasteiger partial charge >= 0.3 is 0 Å². The summed E-state index contributed by atoms with van der Waals surface area (Å²) in [6.45, 7) is 6.17. The zero-order valence-corrected chi connectivity index (χ0v) is 11.7. The van der Waals surface area contributed by atoms with Crippen LogP contribution in [0.3, 0.4) is 0 Å². The van der Waals surface area contributed by atoms with Crippen LogP contribution >= 0.6 is 0 Å². The van der Waals surface area contributed by atoms with Crippen molar-refractivity contribution in [1.29, 1.82) is 0 Å². The Bertz CT molecular complexity index is 561. The van der Waals surface area contributed by atoms with E-state index in [-0.39, 0.29) is 0 Å². The summed E-state index contributed by atoms with van der Waals surface area (Å²) in [7, 11) is 0. The van der Waals surface area contributed by atoms with Crippen LogP contribution in [0.4, 0.5) is 0 Å². The van der Waals surface area contributed by atoms with Crippen LogP contribution in [-0.2, 0) is 6.42 Å². The van der Waals surface area contributed by atoms with Gasteiger partial charge in [-0.2, -0.15) is 0 Å². The van der Waals surface area contributed by atoms with Crippen molar-refractivity contribution in [3.63, 3.8) is 0 Å². The molecule has 0 radical (unpaired) electrons. The third-order valence-corrected chi connectivity index (χ3v) is 3.34. The molecule has 0 atom stereocenters. The SMILES string of the molecule is CC.Cc1ccc2cccc(CCC3=CC3)c2c1. The van der Waals surface area contributed by atoms with E-state index in [2.05, 4.69) is 49.4 Å². The maximum atomic E-state index is 2.33. The Kier molecular flexibility index (Phi) is 4.19. The Hall–Kier alpha value is -1.56. The standard InChI is InChI=1S/C16H16.C2H6/c1-12-5-9-14-3-2-4-15(16(14)11-12)10-8-13-6-7-13;1-2/h2-6,9,11H,7-8,10H2,1H3;1-2H3. The normalized spacial score (nSPS) is 12.7. The fourth-order valence-electron chi connectivity index (χ4n) is 2.24. The molecule has 2 aromatic carbocycles. The van der Waals surface area contributed by atoms with Gasteiger partial charge in [0.05, 0.1) is 0 Å². The van der Waals surface area contributed by atoms with Gasteiger partial charge in [-0.25, -0.2) is 0 Å². The first-order valence-electron chi connectivity index (χ1n) is 6.99. The van der Waals surface area contributed by atoms with Crippen molar-refractivity contribution in [2.75, 3.05) is 0 Å². The molecule has 0 fully saturated rings. The van der Waals surface area contributed by atoms with Crippen molar-refractivity contribution >= 4 is 10.8 Å². The molecule has 0 heterocycles. The van der Waals surface area contributed by atoms with E-state index in [1.165, 1.54) is 41.2 Å². The maximum Gasteiger partial charge on any atom is -0.0136 e. The number of hydrogen-bond donors (Lipinski definition) is 0. The minimum absolute atomic E-state index is 1.19. The van der Waals surface area contributed by atoms with Gasteiger partial charge in [-0.1, -0.05) is 67.5 Å². The second-order valence-electron chi connectivity index (χ2n) is 4.71. The van der Waals surface area contributed by atoms with Gasteiger partial charge in [-0.3, -0.25) is 0 Å². The molecule has 0 amide bonds. The molecule has 18 heavy (non-hydrogen) atoms. The summed E-state index contributed by atoms with van der Waals surface area (Å²) in [5.74, 6) is 0. The fourth-order valence-corrected chi connectivity index (χ4v) is 2.24. The molecule has 0 saturated heterocycles. The lowest BCUT2D eigenvalue weighted by molar-refractivity contribution is 0.976. The average molecular weight is 238 g/mol. The van der Waals surface area contributed by atoms with Gasteiger partial charge in [0.15, 0.2) is 0 Å². The summed E-state index contributed by atoms with van der Waals surface area (Å²) in [6.07, 6.45) is 6.01. The average Bonchev–Trinajstić information content (AvgIpc) is 3.23. The minimum atomic E-state index is 1.19. The van der Waals surface area contributed by atoms with Crippen LogP contribution in [0.15, 0.2) is 48.0 Å². The van der Waals surface area contributed by atoms with Gasteiger partial charge in [0.1, 0.15) is 0 Å². The highest BCUT2D eigenvalue weighted by Gasteiger charge is 2.08.